The van der Waals surface area contributed by atoms with Crippen LogP contribution in [0.1, 0.15) is 22.8 Å². The summed E-state index contributed by atoms with van der Waals surface area (Å²) in [6.07, 6.45) is 0. The van der Waals surface area contributed by atoms with E-state index in [2.05, 4.69) is 0 Å². The van der Waals surface area contributed by atoms with Crippen LogP contribution in [0.4, 0.5) is 0 Å². The molecule has 4 nitrogen and oxygen atoms in total. The highest BCUT2D eigenvalue weighted by molar-refractivity contribution is 6.31. The first-order valence-electron chi connectivity index (χ1n) is 4.58. The largest absolute Gasteiger partial charge is 0.496 e. The van der Waals surface area contributed by atoms with E-state index >= 15 is 0 Å². The van der Waals surface area contributed by atoms with E-state index in [0.717, 1.165) is 0 Å². The van der Waals surface area contributed by atoms with Crippen LogP contribution >= 0.6 is 11.6 Å². The first kappa shape index (κ1) is 12.3. The molecule has 0 unspecified atom stereocenters. The molecule has 0 bridgehead atoms. The highest BCUT2D eigenvalue weighted by atomic mass is 35.5. The summed E-state index contributed by atoms with van der Waals surface area (Å²) in [4.78, 5) is 11.6. The fourth-order valence-corrected chi connectivity index (χ4v) is 1.45. The molecule has 0 aromatic heterocycles. The fourth-order valence-electron chi connectivity index (χ4n) is 1.24. The van der Waals surface area contributed by atoms with Crippen LogP contribution in [0, 0.1) is 11.3 Å². The van der Waals surface area contributed by atoms with Gasteiger partial charge in [-0.3, -0.25) is 0 Å². The number of benzene rings is 1. The van der Waals surface area contributed by atoms with Crippen LogP contribution < -0.4 is 4.74 Å². The average Bonchev–Trinajstić information content (AvgIpc) is 2.27. The van der Waals surface area contributed by atoms with Crippen molar-refractivity contribution in [3.63, 3.8) is 0 Å². The quantitative estimate of drug-likeness (QED) is 0.760. The van der Waals surface area contributed by atoms with Gasteiger partial charge in [0.1, 0.15) is 17.4 Å². The van der Waals surface area contributed by atoms with Gasteiger partial charge in [0, 0.05) is 5.02 Å². The number of hydrogen-bond donors (Lipinski definition) is 0. The Morgan fingerprint density at radius 1 is 1.56 bits per heavy atom. The van der Waals surface area contributed by atoms with Crippen molar-refractivity contribution in [3.05, 3.63) is 28.3 Å². The molecule has 1 rings (SSSR count). The number of ether oxygens (including phenoxy) is 2. The summed E-state index contributed by atoms with van der Waals surface area (Å²) in [6, 6.07) is 4.75. The third-order valence-electron chi connectivity index (χ3n) is 1.89. The maximum absolute atomic E-state index is 11.6. The van der Waals surface area contributed by atoms with Gasteiger partial charge < -0.3 is 9.47 Å². The Labute approximate surface area is 98.3 Å². The lowest BCUT2D eigenvalue weighted by Gasteiger charge is -2.09. The third kappa shape index (κ3) is 2.44. The van der Waals surface area contributed by atoms with Crippen molar-refractivity contribution in [2.75, 3.05) is 13.7 Å². The van der Waals surface area contributed by atoms with Crippen LogP contribution in [-0.4, -0.2) is 19.7 Å². The van der Waals surface area contributed by atoms with Gasteiger partial charge >= 0.3 is 5.97 Å². The summed E-state index contributed by atoms with van der Waals surface area (Å²) in [5.74, 6) is -0.352. The Bertz CT molecular complexity index is 451. The monoisotopic (exact) mass is 239 g/mol. The van der Waals surface area contributed by atoms with E-state index in [1.54, 1.807) is 6.92 Å². The number of esters is 1. The molecule has 5 heteroatoms. The zero-order chi connectivity index (χ0) is 12.1. The SMILES string of the molecule is CCOC(=O)c1c(C#N)cc(Cl)cc1OC. The highest BCUT2D eigenvalue weighted by Crippen LogP contribution is 2.27. The molecule has 1 aromatic carbocycles. The van der Waals surface area contributed by atoms with Gasteiger partial charge in [0.05, 0.1) is 19.3 Å². The van der Waals surface area contributed by atoms with Crippen molar-refractivity contribution in [1.82, 2.24) is 0 Å². The van der Waals surface area contributed by atoms with Crippen molar-refractivity contribution in [2.45, 2.75) is 6.92 Å². The lowest BCUT2D eigenvalue weighted by molar-refractivity contribution is 0.0522. The molecule has 16 heavy (non-hydrogen) atoms. The van der Waals surface area contributed by atoms with E-state index in [1.165, 1.54) is 19.2 Å². The number of rotatable bonds is 3. The molecule has 0 saturated carbocycles. The zero-order valence-corrected chi connectivity index (χ0v) is 9.67. The molecule has 0 spiro atoms. The van der Waals surface area contributed by atoms with E-state index < -0.39 is 5.97 Å². The summed E-state index contributed by atoms with van der Waals surface area (Å²) in [5.41, 5.74) is 0.249. The number of halogens is 1. The van der Waals surface area contributed by atoms with Crippen molar-refractivity contribution in [1.29, 1.82) is 5.26 Å². The minimum atomic E-state index is -0.590. The molecule has 0 N–H and O–H groups in total. The van der Waals surface area contributed by atoms with E-state index in [1.807, 2.05) is 6.07 Å². The first-order chi connectivity index (χ1) is 7.63. The second-order valence-electron chi connectivity index (χ2n) is 2.86. The standard InChI is InChI=1S/C11H10ClNO3/c1-3-16-11(14)10-7(6-13)4-8(12)5-9(10)15-2/h4-5H,3H2,1-2H3. The fraction of sp³-hybridized carbons (Fsp3) is 0.273. The first-order valence-corrected chi connectivity index (χ1v) is 4.96. The molecule has 0 amide bonds. The van der Waals surface area contributed by atoms with Crippen LogP contribution in [0.5, 0.6) is 5.75 Å². The van der Waals surface area contributed by atoms with Gasteiger partial charge in [-0.25, -0.2) is 4.79 Å². The second-order valence-corrected chi connectivity index (χ2v) is 3.30. The summed E-state index contributed by atoms with van der Waals surface area (Å²) in [6.45, 7) is 1.92. The Kier molecular flexibility index (Phi) is 4.15. The number of nitrogens with zero attached hydrogens (tertiary/aromatic N) is 1. The molecule has 0 fully saturated rings. The van der Waals surface area contributed by atoms with Gasteiger partial charge in [0.15, 0.2) is 0 Å². The van der Waals surface area contributed by atoms with Crippen LogP contribution in [0.3, 0.4) is 0 Å². The maximum atomic E-state index is 11.6. The van der Waals surface area contributed by atoms with Crippen LogP contribution in [0.25, 0.3) is 0 Å². The van der Waals surface area contributed by atoms with Crippen molar-refractivity contribution in [3.8, 4) is 11.8 Å². The van der Waals surface area contributed by atoms with E-state index in [9.17, 15) is 4.79 Å². The molecule has 1 aromatic rings. The summed E-state index contributed by atoms with van der Waals surface area (Å²) < 4.78 is 9.84. The molecule has 0 aliphatic rings. The maximum Gasteiger partial charge on any atom is 0.343 e. The van der Waals surface area contributed by atoms with Crippen molar-refractivity contribution < 1.29 is 14.3 Å². The Balaban J connectivity index is 3.34. The Morgan fingerprint density at radius 2 is 2.25 bits per heavy atom. The molecule has 84 valence electrons. The van der Waals surface area contributed by atoms with Gasteiger partial charge in [-0.15, -0.1) is 0 Å². The number of hydrogen-bond acceptors (Lipinski definition) is 4. The van der Waals surface area contributed by atoms with Crippen LogP contribution in [0.2, 0.25) is 5.02 Å². The molecule has 0 radical (unpaired) electrons. The molecule has 0 aliphatic carbocycles. The van der Waals surface area contributed by atoms with Crippen LogP contribution in [0.15, 0.2) is 12.1 Å². The predicted molar refractivity (Wildman–Crippen MR) is 58.7 cm³/mol. The van der Waals surface area contributed by atoms with E-state index in [0.29, 0.717) is 5.02 Å². The molecule has 0 aliphatic heterocycles. The van der Waals surface area contributed by atoms with Gasteiger partial charge in [0.25, 0.3) is 0 Å². The van der Waals surface area contributed by atoms with Gasteiger partial charge in [-0.2, -0.15) is 5.26 Å². The highest BCUT2D eigenvalue weighted by Gasteiger charge is 2.19. The Morgan fingerprint density at radius 3 is 2.75 bits per heavy atom. The number of nitriles is 1. The van der Waals surface area contributed by atoms with Gasteiger partial charge in [-0.05, 0) is 19.1 Å². The normalized spacial score (nSPS) is 9.38. The van der Waals surface area contributed by atoms with Crippen molar-refractivity contribution in [2.24, 2.45) is 0 Å². The molecule has 0 heterocycles. The van der Waals surface area contributed by atoms with E-state index in [-0.39, 0.29) is 23.5 Å². The topological polar surface area (TPSA) is 59.3 Å². The number of methoxy groups -OCH3 is 1. The van der Waals surface area contributed by atoms with E-state index in [4.69, 9.17) is 26.3 Å². The Hall–Kier alpha value is -1.73. The summed E-state index contributed by atoms with van der Waals surface area (Å²) in [7, 11) is 1.40. The second kappa shape index (κ2) is 5.38. The number of carbonyl (C=O) groups excluding carboxylic acids is 1. The average molecular weight is 240 g/mol. The molecular formula is C11H10ClNO3. The zero-order valence-electron chi connectivity index (χ0n) is 8.91. The van der Waals surface area contributed by atoms with Crippen LogP contribution in [-0.2, 0) is 4.74 Å². The van der Waals surface area contributed by atoms with Gasteiger partial charge in [0.2, 0.25) is 0 Å². The third-order valence-corrected chi connectivity index (χ3v) is 2.11. The summed E-state index contributed by atoms with van der Waals surface area (Å²) >= 11 is 5.78. The number of carbonyl (C=O) groups is 1. The lowest BCUT2D eigenvalue weighted by Crippen LogP contribution is -2.09. The lowest BCUT2D eigenvalue weighted by atomic mass is 10.1. The minimum Gasteiger partial charge on any atom is -0.496 e. The molecule has 0 atom stereocenters. The molecule has 0 saturated heterocycles. The minimum absolute atomic E-state index is 0.108. The molecular weight excluding hydrogens is 230 g/mol. The van der Waals surface area contributed by atoms with Crippen molar-refractivity contribution >= 4 is 17.6 Å². The predicted octanol–water partition coefficient (Wildman–Crippen LogP) is 2.40. The summed E-state index contributed by atoms with van der Waals surface area (Å²) in [5, 5.41) is 9.24. The smallest absolute Gasteiger partial charge is 0.343 e. The van der Waals surface area contributed by atoms with Gasteiger partial charge in [-0.1, -0.05) is 11.6 Å².